The summed E-state index contributed by atoms with van der Waals surface area (Å²) in [5.41, 5.74) is 3.18. The molecule has 0 unspecified atom stereocenters. The molecule has 0 aliphatic heterocycles. The quantitative estimate of drug-likeness (QED) is 0.930. The van der Waals surface area contributed by atoms with E-state index in [-0.39, 0.29) is 23.6 Å². The minimum absolute atomic E-state index is 0.0553. The highest BCUT2D eigenvalue weighted by Gasteiger charge is 2.30. The number of aromatic nitrogens is 2. The van der Waals surface area contributed by atoms with Crippen LogP contribution in [-0.4, -0.2) is 21.7 Å². The highest BCUT2D eigenvalue weighted by atomic mass is 16.2. The molecule has 1 heterocycles. The number of carbonyl (C=O) groups excluding carboxylic acids is 1. The topological polar surface area (TPSA) is 94.5 Å². The number of aryl methyl sites for hydroxylation is 1. The summed E-state index contributed by atoms with van der Waals surface area (Å²) < 4.78 is 1.61. The van der Waals surface area contributed by atoms with E-state index in [0.29, 0.717) is 17.0 Å². The van der Waals surface area contributed by atoms with Gasteiger partial charge in [0.15, 0.2) is 0 Å². The van der Waals surface area contributed by atoms with Gasteiger partial charge in [-0.3, -0.25) is 9.48 Å². The maximum atomic E-state index is 12.6. The molecule has 3 rings (SSSR count). The zero-order valence-corrected chi connectivity index (χ0v) is 14.5. The molecule has 25 heavy (non-hydrogen) atoms. The van der Waals surface area contributed by atoms with Crippen molar-refractivity contribution >= 4 is 5.91 Å². The van der Waals surface area contributed by atoms with Gasteiger partial charge in [-0.15, -0.1) is 0 Å². The third-order valence-electron chi connectivity index (χ3n) is 4.26. The fourth-order valence-corrected chi connectivity index (χ4v) is 2.75. The van der Waals surface area contributed by atoms with E-state index in [2.05, 4.69) is 22.6 Å². The van der Waals surface area contributed by atoms with E-state index in [1.54, 1.807) is 16.8 Å². The van der Waals surface area contributed by atoms with Gasteiger partial charge in [-0.1, -0.05) is 6.07 Å². The van der Waals surface area contributed by atoms with Crippen LogP contribution in [0, 0.1) is 29.6 Å². The van der Waals surface area contributed by atoms with Gasteiger partial charge in [0, 0.05) is 17.6 Å². The molecule has 0 saturated heterocycles. The first-order valence-corrected chi connectivity index (χ1v) is 8.30. The molecule has 0 radical (unpaired) electrons. The first kappa shape index (κ1) is 16.7. The smallest absolute Gasteiger partial charge is 0.271 e. The number of amides is 1. The monoisotopic (exact) mass is 333 g/mol. The molecule has 126 valence electrons. The minimum Gasteiger partial charge on any atom is -0.348 e. The van der Waals surface area contributed by atoms with Crippen LogP contribution in [0.2, 0.25) is 0 Å². The van der Waals surface area contributed by atoms with Crippen molar-refractivity contribution in [2.75, 3.05) is 0 Å². The Morgan fingerprint density at radius 1 is 1.32 bits per heavy atom. The third kappa shape index (κ3) is 3.12. The normalized spacial score (nSPS) is 13.4. The van der Waals surface area contributed by atoms with E-state index in [4.69, 9.17) is 5.26 Å². The van der Waals surface area contributed by atoms with Gasteiger partial charge in [0.25, 0.3) is 5.91 Å². The average Bonchev–Trinajstić information content (AvgIpc) is 3.30. The summed E-state index contributed by atoms with van der Waals surface area (Å²) in [6.45, 7) is 5.69. The SMILES string of the molecule is Cc1cc(-c2nn(C(C)C)c(C(=O)NC3CC3)c2C#N)ccc1C#N. The Kier molecular flexibility index (Phi) is 4.29. The maximum Gasteiger partial charge on any atom is 0.271 e. The van der Waals surface area contributed by atoms with Gasteiger partial charge in [-0.2, -0.15) is 15.6 Å². The van der Waals surface area contributed by atoms with Gasteiger partial charge in [-0.05, 0) is 51.3 Å². The second kappa shape index (κ2) is 6.41. The van der Waals surface area contributed by atoms with Crippen LogP contribution in [0.3, 0.4) is 0 Å². The zero-order valence-electron chi connectivity index (χ0n) is 14.5. The molecule has 0 spiro atoms. The van der Waals surface area contributed by atoms with Crippen molar-refractivity contribution in [1.29, 1.82) is 10.5 Å². The standard InChI is InChI=1S/C19H19N5O/c1-11(2)24-18(19(25)22-15-6-7-15)16(10-21)17(23-24)13-4-5-14(9-20)12(3)8-13/h4-5,8,11,15H,6-7H2,1-3H3,(H,22,25). The Labute approximate surface area is 146 Å². The highest BCUT2D eigenvalue weighted by Crippen LogP contribution is 2.29. The van der Waals surface area contributed by atoms with Crippen LogP contribution in [0.15, 0.2) is 18.2 Å². The van der Waals surface area contributed by atoms with E-state index in [0.717, 1.165) is 24.0 Å². The van der Waals surface area contributed by atoms with Crippen LogP contribution in [0.4, 0.5) is 0 Å². The van der Waals surface area contributed by atoms with Gasteiger partial charge in [0.2, 0.25) is 0 Å². The summed E-state index contributed by atoms with van der Waals surface area (Å²) in [5.74, 6) is -0.253. The molecule has 1 saturated carbocycles. The number of nitriles is 2. The van der Waals surface area contributed by atoms with Gasteiger partial charge >= 0.3 is 0 Å². The zero-order chi connectivity index (χ0) is 18.1. The van der Waals surface area contributed by atoms with E-state index in [9.17, 15) is 10.1 Å². The molecule has 1 N–H and O–H groups in total. The fraction of sp³-hybridized carbons (Fsp3) is 0.368. The fourth-order valence-electron chi connectivity index (χ4n) is 2.75. The molecule has 6 nitrogen and oxygen atoms in total. The molecule has 0 bridgehead atoms. The number of rotatable bonds is 4. The van der Waals surface area contributed by atoms with Gasteiger partial charge in [-0.25, -0.2) is 0 Å². The molecule has 1 aromatic carbocycles. The Bertz CT molecular complexity index is 923. The van der Waals surface area contributed by atoms with Crippen molar-refractivity contribution in [2.45, 2.75) is 45.7 Å². The largest absolute Gasteiger partial charge is 0.348 e. The summed E-state index contributed by atoms with van der Waals surface area (Å²) in [4.78, 5) is 12.6. The van der Waals surface area contributed by atoms with E-state index in [1.165, 1.54) is 0 Å². The lowest BCUT2D eigenvalue weighted by molar-refractivity contribution is 0.0938. The van der Waals surface area contributed by atoms with Crippen LogP contribution >= 0.6 is 0 Å². The molecule has 1 amide bonds. The molecule has 1 aromatic heterocycles. The first-order chi connectivity index (χ1) is 12.0. The number of nitrogens with zero attached hydrogens (tertiary/aromatic N) is 4. The van der Waals surface area contributed by atoms with Crippen molar-refractivity contribution in [1.82, 2.24) is 15.1 Å². The van der Waals surface area contributed by atoms with E-state index in [1.807, 2.05) is 26.8 Å². The van der Waals surface area contributed by atoms with Crippen molar-refractivity contribution in [3.05, 3.63) is 40.6 Å². The Morgan fingerprint density at radius 3 is 2.56 bits per heavy atom. The number of benzene rings is 1. The number of nitrogens with one attached hydrogen (secondary N) is 1. The molecule has 1 fully saturated rings. The molecule has 1 aliphatic carbocycles. The van der Waals surface area contributed by atoms with Gasteiger partial charge in [0.05, 0.1) is 11.6 Å². The average molecular weight is 333 g/mol. The highest BCUT2D eigenvalue weighted by molar-refractivity contribution is 5.97. The van der Waals surface area contributed by atoms with Crippen molar-refractivity contribution in [2.24, 2.45) is 0 Å². The minimum atomic E-state index is -0.253. The van der Waals surface area contributed by atoms with Crippen LogP contribution < -0.4 is 5.32 Å². The molecular weight excluding hydrogens is 314 g/mol. The van der Waals surface area contributed by atoms with Crippen LogP contribution in [0.1, 0.15) is 59.9 Å². The van der Waals surface area contributed by atoms with Gasteiger partial charge < -0.3 is 5.32 Å². The second-order valence-corrected chi connectivity index (χ2v) is 6.61. The summed E-state index contributed by atoms with van der Waals surface area (Å²) in [5, 5.41) is 26.3. The first-order valence-electron chi connectivity index (χ1n) is 8.30. The van der Waals surface area contributed by atoms with Gasteiger partial charge in [0.1, 0.15) is 23.0 Å². The summed E-state index contributed by atoms with van der Waals surface area (Å²) in [7, 11) is 0. The molecule has 0 atom stereocenters. The maximum absolute atomic E-state index is 12.6. The Morgan fingerprint density at radius 2 is 2.04 bits per heavy atom. The van der Waals surface area contributed by atoms with Crippen LogP contribution in [0.25, 0.3) is 11.3 Å². The van der Waals surface area contributed by atoms with Crippen molar-refractivity contribution in [3.8, 4) is 23.4 Å². The van der Waals surface area contributed by atoms with Crippen molar-refractivity contribution in [3.63, 3.8) is 0 Å². The van der Waals surface area contributed by atoms with E-state index < -0.39 is 0 Å². The second-order valence-electron chi connectivity index (χ2n) is 6.61. The Balaban J connectivity index is 2.14. The molecule has 2 aromatic rings. The van der Waals surface area contributed by atoms with E-state index >= 15 is 0 Å². The molecule has 1 aliphatic rings. The van der Waals surface area contributed by atoms with Crippen LogP contribution in [-0.2, 0) is 0 Å². The lowest BCUT2D eigenvalue weighted by Crippen LogP contribution is -2.29. The van der Waals surface area contributed by atoms with Crippen molar-refractivity contribution < 1.29 is 4.79 Å². The summed E-state index contributed by atoms with van der Waals surface area (Å²) in [6.07, 6.45) is 1.95. The molecule has 6 heteroatoms. The third-order valence-corrected chi connectivity index (χ3v) is 4.26. The summed E-state index contributed by atoms with van der Waals surface area (Å²) in [6, 6.07) is 9.74. The molecular formula is C19H19N5O. The number of hydrogen-bond donors (Lipinski definition) is 1. The lowest BCUT2D eigenvalue weighted by atomic mass is 10.0. The number of hydrogen-bond acceptors (Lipinski definition) is 4. The predicted octanol–water partition coefficient (Wildman–Crippen LogP) is 3.07. The van der Waals surface area contributed by atoms with Crippen LogP contribution in [0.5, 0.6) is 0 Å². The lowest BCUT2D eigenvalue weighted by Gasteiger charge is -2.10. The Hall–Kier alpha value is -3.12. The number of carbonyl (C=O) groups is 1. The predicted molar refractivity (Wildman–Crippen MR) is 92.7 cm³/mol. The summed E-state index contributed by atoms with van der Waals surface area (Å²) >= 11 is 0.